The zero-order chi connectivity index (χ0) is 13.3. The van der Waals surface area contributed by atoms with Gasteiger partial charge in [-0.15, -0.1) is 11.3 Å². The molecule has 0 aromatic carbocycles. The average molecular weight is 284 g/mol. The summed E-state index contributed by atoms with van der Waals surface area (Å²) in [6, 6.07) is 5.00. The van der Waals surface area contributed by atoms with Crippen molar-refractivity contribution >= 4 is 28.9 Å². The molecule has 0 spiro atoms. The number of halogens is 1. The summed E-state index contributed by atoms with van der Waals surface area (Å²) in [4.78, 5) is 23.4. The van der Waals surface area contributed by atoms with Crippen LogP contribution in [0.1, 0.15) is 20.9 Å². The highest BCUT2D eigenvalue weighted by atomic mass is 35.5. The Hall–Kier alpha value is -1.59. The van der Waals surface area contributed by atoms with Crippen LogP contribution in [0.5, 0.6) is 0 Å². The van der Waals surface area contributed by atoms with E-state index in [0.717, 1.165) is 10.6 Å². The molecule has 0 aliphatic rings. The molecule has 0 bridgehead atoms. The van der Waals surface area contributed by atoms with E-state index in [1.54, 1.807) is 17.6 Å². The van der Waals surface area contributed by atoms with Crippen LogP contribution in [0.15, 0.2) is 29.2 Å². The van der Waals surface area contributed by atoms with Gasteiger partial charge in [-0.3, -0.25) is 4.79 Å². The van der Waals surface area contributed by atoms with Crippen molar-refractivity contribution in [3.8, 4) is 0 Å². The van der Waals surface area contributed by atoms with E-state index in [9.17, 15) is 9.59 Å². The van der Waals surface area contributed by atoms with Gasteiger partial charge in [0.2, 0.25) is 0 Å². The number of pyridine rings is 1. The highest BCUT2D eigenvalue weighted by Gasteiger charge is 2.11. The molecular weight excluding hydrogens is 274 g/mol. The lowest BCUT2D eigenvalue weighted by atomic mass is 10.2. The van der Waals surface area contributed by atoms with Gasteiger partial charge in [-0.25, -0.2) is 4.79 Å². The van der Waals surface area contributed by atoms with Crippen LogP contribution in [0, 0.1) is 6.92 Å². The molecule has 1 N–H and O–H groups in total. The maximum absolute atomic E-state index is 11.5. The zero-order valence-electron chi connectivity index (χ0n) is 9.51. The summed E-state index contributed by atoms with van der Waals surface area (Å²) in [7, 11) is 0. The second kappa shape index (κ2) is 4.96. The summed E-state index contributed by atoms with van der Waals surface area (Å²) in [6.45, 7) is 2.27. The zero-order valence-corrected chi connectivity index (χ0v) is 11.1. The number of carbonyl (C=O) groups is 1. The monoisotopic (exact) mass is 283 g/mol. The van der Waals surface area contributed by atoms with Crippen molar-refractivity contribution < 1.29 is 9.90 Å². The second-order valence-electron chi connectivity index (χ2n) is 3.83. The molecule has 0 saturated heterocycles. The van der Waals surface area contributed by atoms with Crippen molar-refractivity contribution in [1.29, 1.82) is 0 Å². The summed E-state index contributed by atoms with van der Waals surface area (Å²) in [5.41, 5.74) is 0.0261. The van der Waals surface area contributed by atoms with Crippen LogP contribution >= 0.6 is 22.9 Å². The van der Waals surface area contributed by atoms with E-state index < -0.39 is 11.4 Å². The highest BCUT2D eigenvalue weighted by Crippen LogP contribution is 2.22. The van der Waals surface area contributed by atoms with Crippen molar-refractivity contribution in [2.75, 3.05) is 0 Å². The predicted octanol–water partition coefficient (Wildman–Crippen LogP) is 2.62. The molecule has 4 nitrogen and oxygen atoms in total. The van der Waals surface area contributed by atoms with Crippen LogP contribution in [0.4, 0.5) is 0 Å². The fraction of sp³-hybridized carbons (Fsp3) is 0.167. The van der Waals surface area contributed by atoms with Crippen LogP contribution in [0.25, 0.3) is 0 Å². The molecule has 18 heavy (non-hydrogen) atoms. The Morgan fingerprint density at radius 2 is 2.22 bits per heavy atom. The van der Waals surface area contributed by atoms with Gasteiger partial charge in [0, 0.05) is 22.8 Å². The van der Waals surface area contributed by atoms with Gasteiger partial charge in [0.1, 0.15) is 5.56 Å². The minimum Gasteiger partial charge on any atom is -0.477 e. The van der Waals surface area contributed by atoms with Gasteiger partial charge >= 0.3 is 5.97 Å². The van der Waals surface area contributed by atoms with Gasteiger partial charge in [0.05, 0.1) is 10.9 Å². The van der Waals surface area contributed by atoms with Crippen LogP contribution in [0.2, 0.25) is 4.34 Å². The molecule has 94 valence electrons. The lowest BCUT2D eigenvalue weighted by Gasteiger charge is -2.10. The largest absolute Gasteiger partial charge is 0.477 e. The number of aromatic nitrogens is 1. The molecular formula is C12H10ClNO3S. The number of hydrogen-bond donors (Lipinski definition) is 1. The fourth-order valence-corrected chi connectivity index (χ4v) is 2.69. The van der Waals surface area contributed by atoms with Crippen LogP contribution < -0.4 is 5.43 Å². The SMILES string of the molecule is Cc1cc(=O)c(C(=O)O)cn1Cc1ccc(Cl)s1. The first-order valence-corrected chi connectivity index (χ1v) is 6.35. The Morgan fingerprint density at radius 3 is 2.78 bits per heavy atom. The van der Waals surface area contributed by atoms with Crippen molar-refractivity contribution in [1.82, 2.24) is 4.57 Å². The molecule has 0 amide bonds. The number of carboxylic acids is 1. The van der Waals surface area contributed by atoms with Gasteiger partial charge in [0.25, 0.3) is 0 Å². The van der Waals surface area contributed by atoms with Crippen molar-refractivity contribution in [2.24, 2.45) is 0 Å². The predicted molar refractivity (Wildman–Crippen MR) is 70.8 cm³/mol. The molecule has 2 heterocycles. The van der Waals surface area contributed by atoms with Gasteiger partial charge < -0.3 is 9.67 Å². The minimum absolute atomic E-state index is 0.219. The number of aryl methyl sites for hydroxylation is 1. The molecule has 2 rings (SSSR count). The van der Waals surface area contributed by atoms with Gasteiger partial charge in [-0.05, 0) is 19.1 Å². The Morgan fingerprint density at radius 1 is 1.50 bits per heavy atom. The summed E-state index contributed by atoms with van der Waals surface area (Å²) >= 11 is 7.27. The molecule has 0 saturated carbocycles. The maximum Gasteiger partial charge on any atom is 0.341 e. The molecule has 0 radical (unpaired) electrons. The first-order valence-electron chi connectivity index (χ1n) is 5.16. The molecule has 2 aromatic rings. The standard InChI is InChI=1S/C12H10ClNO3S/c1-7-4-10(15)9(12(16)17)6-14(7)5-8-2-3-11(13)18-8/h2-4,6H,5H2,1H3,(H,16,17). The maximum atomic E-state index is 11.5. The number of rotatable bonds is 3. The lowest BCUT2D eigenvalue weighted by molar-refractivity contribution is 0.0694. The van der Waals surface area contributed by atoms with Crippen molar-refractivity contribution in [3.63, 3.8) is 0 Å². The number of aromatic carboxylic acids is 1. The van der Waals surface area contributed by atoms with E-state index >= 15 is 0 Å². The summed E-state index contributed by atoms with van der Waals surface area (Å²) in [5.74, 6) is -1.21. The van der Waals surface area contributed by atoms with Crippen LogP contribution in [-0.4, -0.2) is 15.6 Å². The highest BCUT2D eigenvalue weighted by molar-refractivity contribution is 7.16. The fourth-order valence-electron chi connectivity index (χ4n) is 1.61. The Bertz CT molecular complexity index is 660. The number of thiophene rings is 1. The Labute approximate surface area is 112 Å². The minimum atomic E-state index is -1.21. The molecule has 0 aliphatic heterocycles. The molecule has 0 fully saturated rings. The number of carboxylic acid groups (broad SMARTS) is 1. The lowest BCUT2D eigenvalue weighted by Crippen LogP contribution is -2.19. The van der Waals surface area contributed by atoms with Crippen molar-refractivity contribution in [3.05, 3.63) is 55.1 Å². The smallest absolute Gasteiger partial charge is 0.341 e. The number of hydrogen-bond acceptors (Lipinski definition) is 3. The van der Waals surface area contributed by atoms with Gasteiger partial charge in [-0.1, -0.05) is 11.6 Å². The van der Waals surface area contributed by atoms with E-state index in [-0.39, 0.29) is 5.56 Å². The third-order valence-corrected chi connectivity index (χ3v) is 3.74. The van der Waals surface area contributed by atoms with E-state index in [4.69, 9.17) is 16.7 Å². The quantitative estimate of drug-likeness (QED) is 0.942. The van der Waals surface area contributed by atoms with Crippen molar-refractivity contribution in [2.45, 2.75) is 13.5 Å². The molecule has 0 aliphatic carbocycles. The first kappa shape index (κ1) is 12.9. The van der Waals surface area contributed by atoms with E-state index in [2.05, 4.69) is 0 Å². The Kier molecular flexibility index (Phi) is 3.54. The molecule has 0 atom stereocenters. The van der Waals surface area contributed by atoms with Crippen LogP contribution in [-0.2, 0) is 6.54 Å². The third-order valence-electron chi connectivity index (χ3n) is 2.53. The molecule has 2 aromatic heterocycles. The summed E-state index contributed by atoms with van der Waals surface area (Å²) < 4.78 is 2.41. The average Bonchev–Trinajstić information content (AvgIpc) is 2.67. The van der Waals surface area contributed by atoms with E-state index in [1.807, 2.05) is 6.07 Å². The molecule has 0 unspecified atom stereocenters. The summed E-state index contributed by atoms with van der Waals surface area (Å²) in [6.07, 6.45) is 1.37. The van der Waals surface area contributed by atoms with E-state index in [1.165, 1.54) is 23.6 Å². The topological polar surface area (TPSA) is 59.3 Å². The van der Waals surface area contributed by atoms with Gasteiger partial charge in [-0.2, -0.15) is 0 Å². The third kappa shape index (κ3) is 2.63. The van der Waals surface area contributed by atoms with E-state index in [0.29, 0.717) is 10.9 Å². The Balaban J connectivity index is 2.41. The molecule has 6 heteroatoms. The normalized spacial score (nSPS) is 10.6. The second-order valence-corrected chi connectivity index (χ2v) is 5.63. The number of nitrogens with zero attached hydrogens (tertiary/aromatic N) is 1. The summed E-state index contributed by atoms with van der Waals surface area (Å²) in [5, 5.41) is 8.92. The first-order chi connectivity index (χ1) is 8.47. The van der Waals surface area contributed by atoms with Crippen LogP contribution in [0.3, 0.4) is 0 Å². The van der Waals surface area contributed by atoms with Gasteiger partial charge in [0.15, 0.2) is 5.43 Å².